The highest BCUT2D eigenvalue weighted by atomic mass is 32.2. The average molecular weight is 309 g/mol. The van der Waals surface area contributed by atoms with E-state index >= 15 is 0 Å². The van der Waals surface area contributed by atoms with Crippen LogP contribution in [-0.2, 0) is 10.0 Å². The maximum Gasteiger partial charge on any atom is 0.248 e. The van der Waals surface area contributed by atoms with Crippen molar-refractivity contribution >= 4 is 15.9 Å². The van der Waals surface area contributed by atoms with Gasteiger partial charge in [-0.1, -0.05) is 6.07 Å². The van der Waals surface area contributed by atoms with Crippen LogP contribution in [0.3, 0.4) is 0 Å². The van der Waals surface area contributed by atoms with Gasteiger partial charge in [0.1, 0.15) is 0 Å². The molecule has 0 aliphatic carbocycles. The van der Waals surface area contributed by atoms with E-state index in [1.165, 1.54) is 22.5 Å². The zero-order valence-corrected chi connectivity index (χ0v) is 12.6. The van der Waals surface area contributed by atoms with Crippen molar-refractivity contribution in [2.24, 2.45) is 5.73 Å². The third-order valence-corrected chi connectivity index (χ3v) is 6.17. The second-order valence-corrected chi connectivity index (χ2v) is 7.53. The number of hydrogen-bond acceptors (Lipinski definition) is 4. The average Bonchev–Trinajstić information content (AvgIpc) is 2.94. The van der Waals surface area contributed by atoms with E-state index in [4.69, 9.17) is 5.73 Å². The lowest BCUT2D eigenvalue weighted by Gasteiger charge is -2.36. The molecule has 0 radical (unpaired) electrons. The molecular weight excluding hydrogens is 290 g/mol. The first-order chi connectivity index (χ1) is 9.98. The van der Waals surface area contributed by atoms with Gasteiger partial charge in [0.15, 0.2) is 0 Å². The normalized spacial score (nSPS) is 23.9. The van der Waals surface area contributed by atoms with Gasteiger partial charge in [-0.05, 0) is 37.6 Å². The zero-order valence-electron chi connectivity index (χ0n) is 11.7. The second kappa shape index (κ2) is 5.40. The summed E-state index contributed by atoms with van der Waals surface area (Å²) in [5, 5.41) is 0. The van der Waals surface area contributed by atoms with Crippen LogP contribution in [0.5, 0.6) is 0 Å². The molecule has 2 N–H and O–H groups in total. The number of piperazine rings is 1. The molecule has 2 saturated heterocycles. The predicted octanol–water partition coefficient (Wildman–Crippen LogP) is 0.254. The van der Waals surface area contributed by atoms with Gasteiger partial charge in [0, 0.05) is 31.2 Å². The first-order valence-electron chi connectivity index (χ1n) is 7.12. The molecule has 0 spiro atoms. The molecule has 1 unspecified atom stereocenters. The van der Waals surface area contributed by atoms with Crippen LogP contribution in [-0.4, -0.2) is 55.8 Å². The largest absolute Gasteiger partial charge is 0.366 e. The summed E-state index contributed by atoms with van der Waals surface area (Å²) < 4.78 is 26.9. The van der Waals surface area contributed by atoms with Crippen LogP contribution < -0.4 is 5.73 Å². The fourth-order valence-electron chi connectivity index (χ4n) is 3.14. The lowest BCUT2D eigenvalue weighted by Crippen LogP contribution is -2.51. The van der Waals surface area contributed by atoms with Crippen molar-refractivity contribution in [2.75, 3.05) is 26.2 Å². The number of benzene rings is 1. The molecule has 6 nitrogen and oxygen atoms in total. The molecule has 1 aromatic rings. The molecule has 2 aliphatic rings. The summed E-state index contributed by atoms with van der Waals surface area (Å²) in [7, 11) is -3.56. The summed E-state index contributed by atoms with van der Waals surface area (Å²) in [4.78, 5) is 13.7. The molecule has 1 amide bonds. The second-order valence-electron chi connectivity index (χ2n) is 5.59. The Labute approximate surface area is 124 Å². The van der Waals surface area contributed by atoms with Crippen LogP contribution in [0.4, 0.5) is 0 Å². The van der Waals surface area contributed by atoms with Crippen LogP contribution in [0.15, 0.2) is 29.2 Å². The number of carbonyl (C=O) groups is 1. The zero-order chi connectivity index (χ0) is 15.0. The van der Waals surface area contributed by atoms with Crippen molar-refractivity contribution in [3.05, 3.63) is 29.8 Å². The van der Waals surface area contributed by atoms with Gasteiger partial charge in [0.05, 0.1) is 4.90 Å². The third kappa shape index (κ3) is 2.68. The molecule has 1 aromatic carbocycles. The van der Waals surface area contributed by atoms with Gasteiger partial charge in [-0.15, -0.1) is 0 Å². The molecule has 114 valence electrons. The Bertz CT molecular complexity index is 659. The predicted molar refractivity (Wildman–Crippen MR) is 78.3 cm³/mol. The van der Waals surface area contributed by atoms with E-state index < -0.39 is 15.9 Å². The Morgan fingerprint density at radius 3 is 2.81 bits per heavy atom. The van der Waals surface area contributed by atoms with E-state index in [0.717, 1.165) is 25.9 Å². The highest BCUT2D eigenvalue weighted by Gasteiger charge is 2.36. The van der Waals surface area contributed by atoms with E-state index in [1.807, 2.05) is 0 Å². The molecule has 0 saturated carbocycles. The number of nitrogens with zero attached hydrogens (tertiary/aromatic N) is 2. The molecule has 0 aromatic heterocycles. The number of primary amides is 1. The van der Waals surface area contributed by atoms with Crippen molar-refractivity contribution in [1.82, 2.24) is 9.21 Å². The van der Waals surface area contributed by atoms with E-state index in [-0.39, 0.29) is 10.5 Å². The van der Waals surface area contributed by atoms with Crippen LogP contribution in [0.2, 0.25) is 0 Å². The summed E-state index contributed by atoms with van der Waals surface area (Å²) in [6.45, 7) is 2.87. The van der Waals surface area contributed by atoms with Gasteiger partial charge >= 0.3 is 0 Å². The van der Waals surface area contributed by atoms with Gasteiger partial charge in [0.2, 0.25) is 15.9 Å². The third-order valence-electron chi connectivity index (χ3n) is 4.31. The Morgan fingerprint density at radius 1 is 1.24 bits per heavy atom. The summed E-state index contributed by atoms with van der Waals surface area (Å²) in [5.41, 5.74) is 5.44. The number of carbonyl (C=O) groups excluding carboxylic acids is 1. The van der Waals surface area contributed by atoms with E-state index in [1.54, 1.807) is 6.07 Å². The quantitative estimate of drug-likeness (QED) is 0.868. The van der Waals surface area contributed by atoms with Crippen LogP contribution in [0.1, 0.15) is 23.2 Å². The van der Waals surface area contributed by atoms with Gasteiger partial charge in [-0.25, -0.2) is 8.42 Å². The molecular formula is C14H19N3O3S. The number of hydrogen-bond donors (Lipinski definition) is 1. The van der Waals surface area contributed by atoms with Crippen LogP contribution in [0, 0.1) is 0 Å². The Hall–Kier alpha value is -1.44. The van der Waals surface area contributed by atoms with E-state index in [0.29, 0.717) is 19.1 Å². The van der Waals surface area contributed by atoms with Crippen molar-refractivity contribution in [2.45, 2.75) is 23.8 Å². The van der Waals surface area contributed by atoms with Crippen molar-refractivity contribution in [3.63, 3.8) is 0 Å². The Morgan fingerprint density at radius 2 is 2.05 bits per heavy atom. The minimum absolute atomic E-state index is 0.144. The van der Waals surface area contributed by atoms with Gasteiger partial charge in [0.25, 0.3) is 0 Å². The Balaban J connectivity index is 1.86. The van der Waals surface area contributed by atoms with Crippen LogP contribution in [0.25, 0.3) is 0 Å². The molecule has 2 heterocycles. The first-order valence-corrected chi connectivity index (χ1v) is 8.56. The van der Waals surface area contributed by atoms with Crippen molar-refractivity contribution in [1.29, 1.82) is 0 Å². The SMILES string of the molecule is NC(=O)c1cccc(S(=O)(=O)N2CCN3CCCC3C2)c1. The minimum atomic E-state index is -3.56. The molecule has 1 atom stereocenters. The van der Waals surface area contributed by atoms with E-state index in [2.05, 4.69) is 4.90 Å². The topological polar surface area (TPSA) is 83.7 Å². The highest BCUT2D eigenvalue weighted by Crippen LogP contribution is 2.26. The number of nitrogens with two attached hydrogens (primary N) is 1. The number of sulfonamides is 1. The van der Waals surface area contributed by atoms with Crippen molar-refractivity contribution < 1.29 is 13.2 Å². The smallest absolute Gasteiger partial charge is 0.248 e. The Kier molecular flexibility index (Phi) is 3.73. The number of fused-ring (bicyclic) bond motifs is 1. The fourth-order valence-corrected chi connectivity index (χ4v) is 4.65. The molecule has 7 heteroatoms. The summed E-state index contributed by atoms with van der Waals surface area (Å²) in [6, 6.07) is 6.28. The lowest BCUT2D eigenvalue weighted by molar-refractivity contribution is 0.1000. The first kappa shape index (κ1) is 14.5. The maximum absolute atomic E-state index is 12.7. The van der Waals surface area contributed by atoms with Crippen molar-refractivity contribution in [3.8, 4) is 0 Å². The van der Waals surface area contributed by atoms with Gasteiger partial charge in [-0.3, -0.25) is 9.69 Å². The fraction of sp³-hybridized carbons (Fsp3) is 0.500. The molecule has 3 rings (SSSR count). The van der Waals surface area contributed by atoms with Gasteiger partial charge < -0.3 is 5.73 Å². The van der Waals surface area contributed by atoms with E-state index in [9.17, 15) is 13.2 Å². The highest BCUT2D eigenvalue weighted by molar-refractivity contribution is 7.89. The van der Waals surface area contributed by atoms with Crippen LogP contribution >= 0.6 is 0 Å². The number of amides is 1. The number of rotatable bonds is 3. The lowest BCUT2D eigenvalue weighted by atomic mass is 10.2. The van der Waals surface area contributed by atoms with Gasteiger partial charge in [-0.2, -0.15) is 4.31 Å². The standard InChI is InChI=1S/C14H19N3O3S/c15-14(18)11-3-1-5-13(9-11)21(19,20)17-8-7-16-6-2-4-12(16)10-17/h1,3,5,9,12H,2,4,6-8,10H2,(H2,15,18). The summed E-state index contributed by atoms with van der Waals surface area (Å²) in [6.07, 6.45) is 2.18. The summed E-state index contributed by atoms with van der Waals surface area (Å²) >= 11 is 0. The molecule has 2 aliphatic heterocycles. The summed E-state index contributed by atoms with van der Waals surface area (Å²) in [5.74, 6) is -0.618. The molecule has 2 fully saturated rings. The molecule has 0 bridgehead atoms. The molecule has 21 heavy (non-hydrogen) atoms. The monoisotopic (exact) mass is 309 g/mol. The minimum Gasteiger partial charge on any atom is -0.366 e. The maximum atomic E-state index is 12.7.